The molecule has 0 fully saturated rings. The second-order valence-electron chi connectivity index (χ2n) is 3.55. The average Bonchev–Trinajstić information content (AvgIpc) is 2.23. The van der Waals surface area contributed by atoms with E-state index in [1.54, 1.807) is 0 Å². The van der Waals surface area contributed by atoms with Crippen LogP contribution < -0.4 is 0 Å². The normalized spacial score (nSPS) is 14.2. The van der Waals surface area contributed by atoms with Crippen LogP contribution in [0.4, 0.5) is 35.1 Å². The maximum atomic E-state index is 12.8. The SMILES string of the molecule is C=CC(=O)OCC(F)(F)C(F)(F)C(F)(F)C(C)(F)F. The van der Waals surface area contributed by atoms with Gasteiger partial charge in [0.2, 0.25) is 0 Å². The third-order valence-electron chi connectivity index (χ3n) is 1.97. The highest BCUT2D eigenvalue weighted by Gasteiger charge is 2.79. The third kappa shape index (κ3) is 3.16. The Morgan fingerprint density at radius 3 is 1.79 bits per heavy atom. The van der Waals surface area contributed by atoms with Crippen molar-refractivity contribution < 1.29 is 44.7 Å². The van der Waals surface area contributed by atoms with E-state index in [4.69, 9.17) is 0 Å². The zero-order valence-electron chi connectivity index (χ0n) is 9.33. The number of esters is 1. The van der Waals surface area contributed by atoms with Gasteiger partial charge in [-0.15, -0.1) is 0 Å². The summed E-state index contributed by atoms with van der Waals surface area (Å²) < 4.78 is 105. The summed E-state index contributed by atoms with van der Waals surface area (Å²) in [5.74, 6) is -25.4. The van der Waals surface area contributed by atoms with E-state index in [2.05, 4.69) is 11.3 Å². The zero-order chi connectivity index (χ0) is 15.7. The van der Waals surface area contributed by atoms with Crippen LogP contribution in [0.1, 0.15) is 6.92 Å². The summed E-state index contributed by atoms with van der Waals surface area (Å²) in [6.07, 6.45) is 0.306. The average molecular weight is 300 g/mol. The Labute approximate surface area is 102 Å². The fourth-order valence-corrected chi connectivity index (χ4v) is 0.817. The summed E-state index contributed by atoms with van der Waals surface area (Å²) in [7, 11) is 0. The van der Waals surface area contributed by atoms with Gasteiger partial charge in [0.1, 0.15) is 0 Å². The summed E-state index contributed by atoms with van der Waals surface area (Å²) in [4.78, 5) is 10.4. The van der Waals surface area contributed by atoms with Crippen LogP contribution in [0.3, 0.4) is 0 Å². The van der Waals surface area contributed by atoms with Crippen LogP contribution in [0.25, 0.3) is 0 Å². The summed E-state index contributed by atoms with van der Waals surface area (Å²) >= 11 is 0. The lowest BCUT2D eigenvalue weighted by molar-refractivity contribution is -0.366. The van der Waals surface area contributed by atoms with E-state index >= 15 is 0 Å². The van der Waals surface area contributed by atoms with Gasteiger partial charge in [0.05, 0.1) is 0 Å². The Kier molecular flexibility index (Phi) is 4.62. The number of hydrogen-bond acceptors (Lipinski definition) is 2. The summed E-state index contributed by atoms with van der Waals surface area (Å²) in [5, 5.41) is 0. The molecule has 0 aromatic carbocycles. The van der Waals surface area contributed by atoms with Crippen molar-refractivity contribution >= 4 is 5.97 Å². The van der Waals surface area contributed by atoms with E-state index in [1.807, 2.05) is 0 Å². The van der Waals surface area contributed by atoms with Crippen molar-refractivity contribution in [3.63, 3.8) is 0 Å². The minimum absolute atomic E-state index is 0.306. The predicted octanol–water partition coefficient (Wildman–Crippen LogP) is 3.28. The summed E-state index contributed by atoms with van der Waals surface area (Å²) in [6.45, 7) is -0.385. The molecule has 0 unspecified atom stereocenters. The second-order valence-corrected chi connectivity index (χ2v) is 3.55. The molecule has 0 heterocycles. The van der Waals surface area contributed by atoms with Gasteiger partial charge in [-0.1, -0.05) is 6.58 Å². The van der Waals surface area contributed by atoms with Gasteiger partial charge < -0.3 is 4.74 Å². The molecule has 0 aliphatic rings. The van der Waals surface area contributed by atoms with E-state index in [9.17, 15) is 39.9 Å². The molecule has 0 spiro atoms. The molecule has 0 aliphatic carbocycles. The number of carbonyl (C=O) groups excluding carboxylic acids is 1. The van der Waals surface area contributed by atoms with E-state index in [-0.39, 0.29) is 0 Å². The van der Waals surface area contributed by atoms with Crippen LogP contribution in [0.2, 0.25) is 0 Å². The van der Waals surface area contributed by atoms with Gasteiger partial charge in [-0.05, 0) is 0 Å². The zero-order valence-corrected chi connectivity index (χ0v) is 9.33. The number of halogens is 8. The summed E-state index contributed by atoms with van der Waals surface area (Å²) in [6, 6.07) is 0. The first-order valence-corrected chi connectivity index (χ1v) is 4.51. The van der Waals surface area contributed by atoms with Crippen LogP contribution in [0.5, 0.6) is 0 Å². The van der Waals surface area contributed by atoms with Crippen LogP contribution in [0, 0.1) is 0 Å². The monoisotopic (exact) mass is 300 g/mol. The first-order valence-electron chi connectivity index (χ1n) is 4.51. The largest absolute Gasteiger partial charge is 0.456 e. The van der Waals surface area contributed by atoms with Gasteiger partial charge in [-0.25, -0.2) is 4.79 Å². The highest BCUT2D eigenvalue weighted by Crippen LogP contribution is 2.52. The quantitative estimate of drug-likeness (QED) is 0.427. The molecule has 0 bridgehead atoms. The molecule has 0 aromatic rings. The van der Waals surface area contributed by atoms with Gasteiger partial charge in [0, 0.05) is 13.0 Å². The fraction of sp³-hybridized carbons (Fsp3) is 0.667. The molecule has 0 atom stereocenters. The minimum atomic E-state index is -6.42. The lowest BCUT2D eigenvalue weighted by atomic mass is 10.0. The first-order chi connectivity index (χ1) is 8.20. The molecule has 19 heavy (non-hydrogen) atoms. The van der Waals surface area contributed by atoms with E-state index < -0.39 is 43.2 Å². The molecule has 0 N–H and O–H groups in total. The molecule has 0 saturated heterocycles. The van der Waals surface area contributed by atoms with Crippen LogP contribution >= 0.6 is 0 Å². The molecule has 2 nitrogen and oxygen atoms in total. The standard InChI is InChI=1S/C9H8F8O2/c1-3-5(18)19-4-7(12,13)9(16,17)8(14,15)6(2,10)11/h3H,1,4H2,2H3. The lowest BCUT2D eigenvalue weighted by Crippen LogP contribution is -2.62. The van der Waals surface area contributed by atoms with Crippen molar-refractivity contribution in [3.05, 3.63) is 12.7 Å². The van der Waals surface area contributed by atoms with Gasteiger partial charge >= 0.3 is 29.7 Å². The Balaban J connectivity index is 5.27. The van der Waals surface area contributed by atoms with Gasteiger partial charge in [-0.2, -0.15) is 35.1 Å². The number of alkyl halides is 8. The Hall–Kier alpha value is -1.35. The highest BCUT2D eigenvalue weighted by molar-refractivity contribution is 5.81. The predicted molar refractivity (Wildman–Crippen MR) is 46.6 cm³/mol. The lowest BCUT2D eigenvalue weighted by Gasteiger charge is -2.35. The highest BCUT2D eigenvalue weighted by atomic mass is 19.4. The Morgan fingerprint density at radius 2 is 1.47 bits per heavy atom. The molecule has 0 amide bonds. The Morgan fingerprint density at radius 1 is 1.05 bits per heavy atom. The molecule has 10 heteroatoms. The topological polar surface area (TPSA) is 26.3 Å². The van der Waals surface area contributed by atoms with Gasteiger partial charge in [0.15, 0.2) is 6.61 Å². The van der Waals surface area contributed by atoms with Gasteiger partial charge in [0.25, 0.3) is 0 Å². The molecule has 112 valence electrons. The third-order valence-corrected chi connectivity index (χ3v) is 1.97. The molecule has 0 aromatic heterocycles. The number of rotatable bonds is 6. The van der Waals surface area contributed by atoms with E-state index in [0.717, 1.165) is 0 Å². The van der Waals surface area contributed by atoms with Crippen molar-refractivity contribution in [2.75, 3.05) is 6.61 Å². The fourth-order valence-electron chi connectivity index (χ4n) is 0.817. The van der Waals surface area contributed by atoms with Crippen molar-refractivity contribution in [2.24, 2.45) is 0 Å². The molecular formula is C9H8F8O2. The van der Waals surface area contributed by atoms with E-state index in [0.29, 0.717) is 6.08 Å². The minimum Gasteiger partial charge on any atom is -0.456 e. The van der Waals surface area contributed by atoms with Crippen LogP contribution in [-0.2, 0) is 9.53 Å². The number of hydrogen-bond donors (Lipinski definition) is 0. The maximum Gasteiger partial charge on any atom is 0.381 e. The second kappa shape index (κ2) is 4.97. The van der Waals surface area contributed by atoms with Crippen molar-refractivity contribution in [2.45, 2.75) is 30.6 Å². The van der Waals surface area contributed by atoms with Gasteiger partial charge in [-0.3, -0.25) is 0 Å². The summed E-state index contributed by atoms with van der Waals surface area (Å²) in [5.41, 5.74) is 0. The number of ether oxygens (including phenoxy) is 1. The molecular weight excluding hydrogens is 292 g/mol. The maximum absolute atomic E-state index is 12.8. The van der Waals surface area contributed by atoms with Crippen LogP contribution in [0.15, 0.2) is 12.7 Å². The van der Waals surface area contributed by atoms with Crippen molar-refractivity contribution in [1.29, 1.82) is 0 Å². The van der Waals surface area contributed by atoms with Crippen LogP contribution in [-0.4, -0.2) is 36.3 Å². The van der Waals surface area contributed by atoms with Crippen molar-refractivity contribution in [1.82, 2.24) is 0 Å². The van der Waals surface area contributed by atoms with E-state index in [1.165, 1.54) is 0 Å². The molecule has 0 radical (unpaired) electrons. The Bertz CT molecular complexity index is 358. The number of carbonyl (C=O) groups is 1. The molecule has 0 rings (SSSR count). The smallest absolute Gasteiger partial charge is 0.381 e. The first kappa shape index (κ1) is 17.6. The molecule has 0 saturated carbocycles. The molecule has 0 aliphatic heterocycles. The van der Waals surface area contributed by atoms with Crippen molar-refractivity contribution in [3.8, 4) is 0 Å².